The number of benzene rings is 2. The van der Waals surface area contributed by atoms with Crippen molar-refractivity contribution in [2.75, 3.05) is 0 Å². The normalized spacial score (nSPS) is 17.2. The molecule has 1 N–H and O–H groups in total. The van der Waals surface area contributed by atoms with Crippen LogP contribution in [0, 0.1) is 5.92 Å². The van der Waals surface area contributed by atoms with E-state index in [0.717, 1.165) is 22.4 Å². The number of allylic oxidation sites excluding steroid dienone is 5. The molecule has 1 atom stereocenters. The first-order valence-corrected chi connectivity index (χ1v) is 8.31. The Labute approximate surface area is 149 Å². The van der Waals surface area contributed by atoms with Crippen molar-refractivity contribution in [3.8, 4) is 0 Å². The summed E-state index contributed by atoms with van der Waals surface area (Å²) in [5.74, 6) is -3.54. The molecule has 0 bridgehead atoms. The number of hydrogen-bond acceptors (Lipinski definition) is 2. The molecule has 0 saturated carbocycles. The van der Waals surface area contributed by atoms with Gasteiger partial charge in [-0.05, 0) is 40.8 Å². The Hall–Kier alpha value is -2.95. The van der Waals surface area contributed by atoms with E-state index in [9.17, 15) is 13.6 Å². The molecule has 0 spiro atoms. The van der Waals surface area contributed by atoms with Crippen molar-refractivity contribution in [3.05, 3.63) is 83.7 Å². The Morgan fingerprint density at radius 1 is 1.12 bits per heavy atom. The molecule has 1 aliphatic rings. The molecular weight excluding hydrogens is 338 g/mol. The highest BCUT2D eigenvalue weighted by Crippen LogP contribution is 2.29. The molecule has 5 heteroatoms. The van der Waals surface area contributed by atoms with Crippen LogP contribution in [0.4, 0.5) is 8.78 Å². The molecule has 0 fully saturated rings. The summed E-state index contributed by atoms with van der Waals surface area (Å²) in [6, 6.07) is 13.4. The fraction of sp³-hybridized carbons (Fsp3) is 0.190. The van der Waals surface area contributed by atoms with Gasteiger partial charge in [0.1, 0.15) is 6.61 Å². The lowest BCUT2D eigenvalue weighted by molar-refractivity contribution is -0.137. The maximum absolute atomic E-state index is 14.4. The summed E-state index contributed by atoms with van der Waals surface area (Å²) in [5.41, 5.74) is 0.826. The second-order valence-corrected chi connectivity index (χ2v) is 6.07. The van der Waals surface area contributed by atoms with E-state index in [1.54, 1.807) is 0 Å². The maximum Gasteiger partial charge on any atom is 0.303 e. The predicted molar refractivity (Wildman–Crippen MR) is 95.6 cm³/mol. The summed E-state index contributed by atoms with van der Waals surface area (Å²) in [6.45, 7) is 0.0268. The number of carbonyl (C=O) groups is 1. The van der Waals surface area contributed by atoms with Crippen molar-refractivity contribution in [3.63, 3.8) is 0 Å². The number of hydrogen-bond donors (Lipinski definition) is 1. The van der Waals surface area contributed by atoms with Gasteiger partial charge in [-0.15, -0.1) is 0 Å². The number of ether oxygens (including phenoxy) is 1. The molecule has 0 radical (unpaired) electrons. The Morgan fingerprint density at radius 2 is 1.88 bits per heavy atom. The number of carboxylic acid groups (broad SMARTS) is 1. The van der Waals surface area contributed by atoms with Gasteiger partial charge in [-0.3, -0.25) is 4.79 Å². The summed E-state index contributed by atoms with van der Waals surface area (Å²) in [4.78, 5) is 10.7. The average molecular weight is 356 g/mol. The molecular formula is C21H18F2O3. The van der Waals surface area contributed by atoms with E-state index in [1.807, 2.05) is 42.5 Å². The van der Waals surface area contributed by atoms with Gasteiger partial charge >= 0.3 is 5.97 Å². The minimum Gasteiger partial charge on any atom is -0.483 e. The van der Waals surface area contributed by atoms with Crippen LogP contribution in [0.25, 0.3) is 10.8 Å². The average Bonchev–Trinajstić information content (AvgIpc) is 2.76. The first kappa shape index (κ1) is 17.9. The van der Waals surface area contributed by atoms with Gasteiger partial charge in [0.05, 0.1) is 0 Å². The number of rotatable bonds is 6. The lowest BCUT2D eigenvalue weighted by Gasteiger charge is -2.11. The van der Waals surface area contributed by atoms with Crippen LogP contribution >= 0.6 is 0 Å². The predicted octanol–water partition coefficient (Wildman–Crippen LogP) is 5.44. The van der Waals surface area contributed by atoms with E-state index < -0.39 is 29.3 Å². The molecule has 0 aliphatic heterocycles. The van der Waals surface area contributed by atoms with Gasteiger partial charge in [0, 0.05) is 6.42 Å². The highest BCUT2D eigenvalue weighted by molar-refractivity contribution is 5.85. The summed E-state index contributed by atoms with van der Waals surface area (Å²) in [6.07, 6.45) is 3.86. The minimum atomic E-state index is -0.975. The van der Waals surface area contributed by atoms with Crippen molar-refractivity contribution in [1.82, 2.24) is 0 Å². The molecule has 2 aromatic carbocycles. The molecule has 0 saturated heterocycles. The van der Waals surface area contributed by atoms with E-state index in [4.69, 9.17) is 9.84 Å². The van der Waals surface area contributed by atoms with Crippen LogP contribution < -0.4 is 0 Å². The van der Waals surface area contributed by atoms with Crippen molar-refractivity contribution in [1.29, 1.82) is 0 Å². The summed E-state index contributed by atoms with van der Waals surface area (Å²) >= 11 is 0. The third kappa shape index (κ3) is 4.17. The van der Waals surface area contributed by atoms with E-state index in [2.05, 4.69) is 0 Å². The van der Waals surface area contributed by atoms with Crippen LogP contribution in [0.15, 0.2) is 78.1 Å². The Balaban J connectivity index is 1.77. The molecule has 134 valence electrons. The number of carboxylic acids is 1. The standard InChI is InChI=1S/C21H18F2O3/c22-18-10-8-14(9-11-20(24)25)12-19(23)21(18)26-13-16-6-3-5-15-4-1-2-7-17(15)16/h1-8,10,12,14H,9,11,13H2,(H,24,25). The van der Waals surface area contributed by atoms with Gasteiger partial charge in [0.2, 0.25) is 0 Å². The first-order chi connectivity index (χ1) is 12.5. The van der Waals surface area contributed by atoms with Crippen LogP contribution in [0.5, 0.6) is 0 Å². The quantitative estimate of drug-likeness (QED) is 0.749. The van der Waals surface area contributed by atoms with Crippen molar-refractivity contribution in [2.24, 2.45) is 5.92 Å². The van der Waals surface area contributed by atoms with Crippen LogP contribution in [0.1, 0.15) is 18.4 Å². The molecule has 0 aromatic heterocycles. The summed E-state index contributed by atoms with van der Waals surface area (Å²) < 4.78 is 34.1. The van der Waals surface area contributed by atoms with Gasteiger partial charge in [-0.1, -0.05) is 48.5 Å². The van der Waals surface area contributed by atoms with Crippen LogP contribution in [0.3, 0.4) is 0 Å². The highest BCUT2D eigenvalue weighted by atomic mass is 19.1. The minimum absolute atomic E-state index is 0.0268. The molecule has 3 rings (SSSR count). The van der Waals surface area contributed by atoms with Crippen LogP contribution in [-0.2, 0) is 16.1 Å². The monoisotopic (exact) mass is 356 g/mol. The van der Waals surface area contributed by atoms with Crippen molar-refractivity contribution in [2.45, 2.75) is 19.4 Å². The zero-order valence-corrected chi connectivity index (χ0v) is 14.0. The second kappa shape index (κ2) is 7.95. The molecule has 0 amide bonds. The molecule has 0 heterocycles. The Kier molecular flexibility index (Phi) is 5.46. The topological polar surface area (TPSA) is 46.5 Å². The Bertz CT molecular complexity index is 907. The number of fused-ring (bicyclic) bond motifs is 1. The summed E-state index contributed by atoms with van der Waals surface area (Å²) in [5, 5.41) is 10.7. The van der Waals surface area contributed by atoms with Gasteiger partial charge in [-0.25, -0.2) is 8.78 Å². The van der Waals surface area contributed by atoms with Gasteiger partial charge in [0.25, 0.3) is 0 Å². The maximum atomic E-state index is 14.4. The smallest absolute Gasteiger partial charge is 0.303 e. The van der Waals surface area contributed by atoms with E-state index in [-0.39, 0.29) is 19.4 Å². The van der Waals surface area contributed by atoms with Crippen LogP contribution in [0.2, 0.25) is 0 Å². The van der Waals surface area contributed by atoms with E-state index in [1.165, 1.54) is 12.2 Å². The largest absolute Gasteiger partial charge is 0.483 e. The van der Waals surface area contributed by atoms with Gasteiger partial charge in [0.15, 0.2) is 17.4 Å². The Morgan fingerprint density at radius 3 is 2.69 bits per heavy atom. The highest BCUT2D eigenvalue weighted by Gasteiger charge is 2.19. The van der Waals surface area contributed by atoms with Crippen molar-refractivity contribution < 1.29 is 23.4 Å². The SMILES string of the molecule is O=C(O)CCC1C=CC(F)=C(OCc2cccc3ccccc23)C(F)=C1. The zero-order chi connectivity index (χ0) is 18.5. The van der Waals surface area contributed by atoms with Gasteiger partial charge < -0.3 is 9.84 Å². The fourth-order valence-corrected chi connectivity index (χ4v) is 2.89. The molecule has 1 unspecified atom stereocenters. The third-order valence-electron chi connectivity index (χ3n) is 4.23. The van der Waals surface area contributed by atoms with Gasteiger partial charge in [-0.2, -0.15) is 0 Å². The third-order valence-corrected chi connectivity index (χ3v) is 4.23. The molecule has 26 heavy (non-hydrogen) atoms. The lowest BCUT2D eigenvalue weighted by Crippen LogP contribution is -2.01. The summed E-state index contributed by atoms with van der Waals surface area (Å²) in [7, 11) is 0. The number of halogens is 2. The first-order valence-electron chi connectivity index (χ1n) is 8.31. The molecule has 1 aliphatic carbocycles. The second-order valence-electron chi connectivity index (χ2n) is 6.07. The fourth-order valence-electron chi connectivity index (χ4n) is 2.89. The lowest BCUT2D eigenvalue weighted by atomic mass is 10.0. The van der Waals surface area contributed by atoms with E-state index in [0.29, 0.717) is 0 Å². The molecule has 3 nitrogen and oxygen atoms in total. The van der Waals surface area contributed by atoms with E-state index >= 15 is 0 Å². The number of aliphatic carboxylic acids is 1. The van der Waals surface area contributed by atoms with Crippen LogP contribution in [-0.4, -0.2) is 11.1 Å². The van der Waals surface area contributed by atoms with Crippen molar-refractivity contribution >= 4 is 16.7 Å². The zero-order valence-electron chi connectivity index (χ0n) is 14.0. The molecule has 2 aromatic rings.